The van der Waals surface area contributed by atoms with Crippen LogP contribution in [0.25, 0.3) is 0 Å². The predicted octanol–water partition coefficient (Wildman–Crippen LogP) is 7.27. The Hall–Kier alpha value is -7.94. The van der Waals surface area contributed by atoms with Crippen molar-refractivity contribution < 1.29 is 57.2 Å². The van der Waals surface area contributed by atoms with Crippen LogP contribution in [0.2, 0.25) is 0 Å². The van der Waals surface area contributed by atoms with Crippen LogP contribution < -0.4 is 21.7 Å². The minimum Gasteiger partial charge on any atom is -0.445 e. The maximum absolute atomic E-state index is 14.2. The number of carbonyl (C=O) groups excluding carboxylic acids is 7. The van der Waals surface area contributed by atoms with Gasteiger partial charge in [0.2, 0.25) is 11.9 Å². The van der Waals surface area contributed by atoms with Crippen molar-refractivity contribution in [2.24, 2.45) is 15.7 Å². The van der Waals surface area contributed by atoms with Gasteiger partial charge in [-0.2, -0.15) is 4.99 Å². The fourth-order valence-corrected chi connectivity index (χ4v) is 6.60. The van der Waals surface area contributed by atoms with Crippen LogP contribution in [0.1, 0.15) is 62.3 Å². The average molecular weight is 997 g/mol. The van der Waals surface area contributed by atoms with Crippen molar-refractivity contribution in [3.8, 4) is 0 Å². The van der Waals surface area contributed by atoms with Gasteiger partial charge < -0.3 is 50.3 Å². The van der Waals surface area contributed by atoms with Gasteiger partial charge in [0, 0.05) is 26.1 Å². The van der Waals surface area contributed by atoms with E-state index in [1.165, 1.54) is 7.05 Å². The van der Waals surface area contributed by atoms with Gasteiger partial charge in [0.25, 0.3) is 5.91 Å². The molecule has 4 aromatic carbocycles. The van der Waals surface area contributed by atoms with Crippen LogP contribution >= 0.6 is 11.8 Å². The second-order valence-electron chi connectivity index (χ2n) is 16.5. The van der Waals surface area contributed by atoms with E-state index in [0.29, 0.717) is 22.3 Å². The molecule has 0 bridgehead atoms. The number of hydrogen-bond donors (Lipinski definition) is 4. The summed E-state index contributed by atoms with van der Waals surface area (Å²) in [6.45, 7) is 3.86. The van der Waals surface area contributed by atoms with Crippen LogP contribution in [-0.4, -0.2) is 107 Å². The molecule has 0 saturated heterocycles. The predicted molar refractivity (Wildman–Crippen MR) is 265 cm³/mol. The summed E-state index contributed by atoms with van der Waals surface area (Å²) < 4.78 is 26.8. The highest BCUT2D eigenvalue weighted by molar-refractivity contribution is 8.13. The van der Waals surface area contributed by atoms with E-state index in [1.807, 2.05) is 6.07 Å². The van der Waals surface area contributed by atoms with Crippen molar-refractivity contribution in [3.05, 3.63) is 144 Å². The van der Waals surface area contributed by atoms with E-state index in [9.17, 15) is 33.6 Å². The molecule has 21 heteroatoms. The minimum atomic E-state index is -1.43. The lowest BCUT2D eigenvalue weighted by Gasteiger charge is -2.30. The zero-order chi connectivity index (χ0) is 51.6. The number of likely N-dealkylation sites (N-methyl/N-ethyl adjacent to an activating group) is 1. The molecular formula is C50H60N8O12S. The van der Waals surface area contributed by atoms with Gasteiger partial charge in [-0.1, -0.05) is 133 Å². The minimum absolute atomic E-state index is 0.00435. The molecule has 5 N–H and O–H groups in total. The quantitative estimate of drug-likeness (QED) is 0.0410. The molecule has 0 aliphatic rings. The van der Waals surface area contributed by atoms with Gasteiger partial charge in [-0.25, -0.2) is 28.9 Å². The highest BCUT2D eigenvalue weighted by Gasteiger charge is 2.32. The molecule has 0 heterocycles. The molecule has 1 unspecified atom stereocenters. The van der Waals surface area contributed by atoms with E-state index in [-0.39, 0.29) is 51.0 Å². The number of nitrogens with two attached hydrogens (primary N) is 1. The van der Waals surface area contributed by atoms with E-state index in [0.717, 1.165) is 21.6 Å². The summed E-state index contributed by atoms with van der Waals surface area (Å²) in [6.07, 6.45) is -3.60. The number of alkyl carbamates (subject to hydrolysis) is 2. The van der Waals surface area contributed by atoms with Crippen molar-refractivity contribution in [1.82, 2.24) is 25.8 Å². The number of amidine groups is 1. The Labute approximate surface area is 416 Å². The molecule has 20 nitrogen and oxygen atoms in total. The number of benzene rings is 4. The number of aliphatic imine (C=N–C) groups is 2. The van der Waals surface area contributed by atoms with Crippen LogP contribution in [0, 0.1) is 0 Å². The molecule has 71 heavy (non-hydrogen) atoms. The summed E-state index contributed by atoms with van der Waals surface area (Å²) >= 11 is 0.920. The number of guanidine groups is 1. The number of amides is 7. The summed E-state index contributed by atoms with van der Waals surface area (Å²) in [5.74, 6) is -2.06. The number of ether oxygens (including phenoxy) is 5. The van der Waals surface area contributed by atoms with E-state index in [2.05, 4.69) is 25.9 Å². The molecule has 0 fully saturated rings. The fourth-order valence-electron chi connectivity index (χ4n) is 6.23. The summed E-state index contributed by atoms with van der Waals surface area (Å²) in [6, 6.07) is 33.0. The molecule has 2 atom stereocenters. The van der Waals surface area contributed by atoms with Gasteiger partial charge in [0.15, 0.2) is 5.17 Å². The summed E-state index contributed by atoms with van der Waals surface area (Å²) in [4.78, 5) is 103. The first kappa shape index (κ1) is 55.7. The lowest BCUT2D eigenvalue weighted by Crippen LogP contribution is -2.55. The van der Waals surface area contributed by atoms with Gasteiger partial charge in [-0.05, 0) is 62.1 Å². The second kappa shape index (κ2) is 29.2. The molecule has 0 aliphatic heterocycles. The Balaban J connectivity index is 1.54. The van der Waals surface area contributed by atoms with Crippen molar-refractivity contribution >= 4 is 65.2 Å². The molecule has 0 aromatic heterocycles. The molecule has 0 spiro atoms. The maximum atomic E-state index is 14.2. The standard InChI is InChI=1S/C50H60N8O12S/c1-50(2,3)70-45(61)52-30-40(42(60)54-44(71-5)56-48(64)68-33-37-23-14-8-15-24-37)57(4)41(59)29-39(53-46(62)66-31-35-19-10-6-11-20-35)27-18-28-58(49(65)69-34-38-25-16-9-17-26-38)43(51)55-47(63)67-32-36-21-12-7-13-22-36/h6-17,19-26,39-40H,18,27-34H2,1-5H3,(H,52,61)(H,53,62)(H2,51,55,63)(H,54,56,60,64)/t39-,40?/m0/s1. The monoisotopic (exact) mass is 996 g/mol. The Kier molecular flexibility index (Phi) is 22.9. The number of rotatable bonds is 19. The van der Waals surface area contributed by atoms with Crippen LogP contribution in [0.4, 0.5) is 24.0 Å². The average Bonchev–Trinajstić information content (AvgIpc) is 3.35. The molecular weight excluding hydrogens is 937 g/mol. The van der Waals surface area contributed by atoms with Crippen LogP contribution in [0.5, 0.6) is 0 Å². The maximum Gasteiger partial charge on any atom is 0.437 e. The Morgan fingerprint density at radius 1 is 0.662 bits per heavy atom. The number of thioether (sulfide) groups is 1. The van der Waals surface area contributed by atoms with Gasteiger partial charge in [0.05, 0.1) is 6.54 Å². The van der Waals surface area contributed by atoms with E-state index < -0.39 is 78.9 Å². The zero-order valence-electron chi connectivity index (χ0n) is 40.2. The van der Waals surface area contributed by atoms with Crippen molar-refractivity contribution in [1.29, 1.82) is 0 Å². The summed E-state index contributed by atoms with van der Waals surface area (Å²) in [5.41, 5.74) is 8.11. The first-order valence-electron chi connectivity index (χ1n) is 22.4. The second-order valence-corrected chi connectivity index (χ2v) is 17.3. The molecule has 0 radical (unpaired) electrons. The van der Waals surface area contributed by atoms with E-state index in [4.69, 9.17) is 29.4 Å². The van der Waals surface area contributed by atoms with Gasteiger partial charge >= 0.3 is 30.5 Å². The van der Waals surface area contributed by atoms with E-state index >= 15 is 0 Å². The SMILES string of the molecule is CS/C(=N/C(=O)OCc1ccccc1)NC(=O)C(CNC(=O)OC(C)(C)C)N(C)C(=O)C[C@H](CCCN(C(=O)OCc1ccccc1)/C(N)=N/C(=O)OCc1ccccc1)NC(=O)OCc1ccccc1. The first-order chi connectivity index (χ1) is 34.0. The lowest BCUT2D eigenvalue weighted by atomic mass is 10.1. The molecule has 7 amide bonds. The summed E-state index contributed by atoms with van der Waals surface area (Å²) in [5, 5.41) is 7.59. The van der Waals surface area contributed by atoms with Crippen molar-refractivity contribution in [2.75, 3.05) is 26.4 Å². The van der Waals surface area contributed by atoms with Crippen LogP contribution in [0.15, 0.2) is 131 Å². The third-order valence-electron chi connectivity index (χ3n) is 9.83. The number of hydrogen-bond acceptors (Lipinski definition) is 13. The topological polar surface area (TPSA) is 259 Å². The number of nitrogens with zero attached hydrogens (tertiary/aromatic N) is 4. The molecule has 378 valence electrons. The third-order valence-corrected chi connectivity index (χ3v) is 10.4. The Bertz CT molecular complexity index is 2420. The third kappa shape index (κ3) is 21.5. The highest BCUT2D eigenvalue weighted by atomic mass is 32.2. The molecule has 0 aliphatic carbocycles. The molecule has 0 saturated carbocycles. The first-order valence-corrected chi connectivity index (χ1v) is 23.6. The fraction of sp³-hybridized carbons (Fsp3) is 0.340. The Morgan fingerprint density at radius 2 is 1.13 bits per heavy atom. The van der Waals surface area contributed by atoms with E-state index in [1.54, 1.807) is 142 Å². The molecule has 4 aromatic rings. The van der Waals surface area contributed by atoms with Crippen LogP contribution in [-0.2, 0) is 59.7 Å². The normalized spacial score (nSPS) is 12.2. The molecule has 4 rings (SSSR count). The van der Waals surface area contributed by atoms with Crippen molar-refractivity contribution in [3.63, 3.8) is 0 Å². The van der Waals surface area contributed by atoms with Gasteiger partial charge in [-0.3, -0.25) is 9.59 Å². The number of nitrogens with one attached hydrogen (secondary N) is 3. The summed E-state index contributed by atoms with van der Waals surface area (Å²) in [7, 11) is 1.32. The zero-order valence-corrected chi connectivity index (χ0v) is 41.1. The largest absolute Gasteiger partial charge is 0.445 e. The lowest BCUT2D eigenvalue weighted by molar-refractivity contribution is -0.138. The van der Waals surface area contributed by atoms with Crippen LogP contribution in [0.3, 0.4) is 0 Å². The Morgan fingerprint density at radius 3 is 1.61 bits per heavy atom. The highest BCUT2D eigenvalue weighted by Crippen LogP contribution is 2.14. The number of carbonyl (C=O) groups is 7. The van der Waals surface area contributed by atoms with Gasteiger partial charge in [0.1, 0.15) is 38.1 Å². The smallest absolute Gasteiger partial charge is 0.437 e. The van der Waals surface area contributed by atoms with Gasteiger partial charge in [-0.15, -0.1) is 4.99 Å². The van der Waals surface area contributed by atoms with Crippen molar-refractivity contribution in [2.45, 2.75) is 84.1 Å².